The van der Waals surface area contributed by atoms with Crippen LogP contribution in [0.5, 0.6) is 0 Å². The van der Waals surface area contributed by atoms with Gasteiger partial charge in [-0.3, -0.25) is 9.59 Å². The summed E-state index contributed by atoms with van der Waals surface area (Å²) in [6, 6.07) is 14.5. The zero-order valence-electron chi connectivity index (χ0n) is 18.3. The molecule has 1 unspecified atom stereocenters. The Balaban J connectivity index is 1.34. The molecule has 2 aromatic rings. The number of aryl methyl sites for hydroxylation is 1. The van der Waals surface area contributed by atoms with E-state index in [0.29, 0.717) is 22.2 Å². The van der Waals surface area contributed by atoms with Crippen LogP contribution in [-0.2, 0) is 31.6 Å². The Bertz CT molecular complexity index is 1080. The van der Waals surface area contributed by atoms with Gasteiger partial charge in [0, 0.05) is 6.54 Å². The van der Waals surface area contributed by atoms with Gasteiger partial charge >= 0.3 is 0 Å². The van der Waals surface area contributed by atoms with Crippen molar-refractivity contribution in [3.05, 3.63) is 69.7 Å². The lowest BCUT2D eigenvalue weighted by molar-refractivity contribution is -0.145. The minimum atomic E-state index is -3.56. The Morgan fingerprint density at radius 3 is 2.45 bits per heavy atom. The van der Waals surface area contributed by atoms with Crippen LogP contribution in [0.15, 0.2) is 48.5 Å². The monoisotopic (exact) mass is 510 g/mol. The first-order chi connectivity index (χ1) is 15.8. The first-order valence-electron chi connectivity index (χ1n) is 11.0. The first kappa shape index (κ1) is 25.5. The van der Waals surface area contributed by atoms with Crippen molar-refractivity contribution in [2.45, 2.75) is 49.7 Å². The quantitative estimate of drug-likeness (QED) is 0.339. The standard InChI is InChI=1S/C24H28Cl2N2O4S/c25-20-13-8-12-19(24(20)26)11-6-1-2-7-14-27-21(29)16-28-22(30)15-23(28)33(31,32)17-18-9-4-3-5-10-18/h3-5,8-10,12-13,23H,1-2,6-7,11,14-17H2,(H,27,29). The molecular weight excluding hydrogens is 483 g/mol. The number of likely N-dealkylation sites (tertiary alicyclic amines) is 1. The number of hydrogen-bond donors (Lipinski definition) is 1. The molecule has 0 aromatic heterocycles. The molecule has 0 spiro atoms. The van der Waals surface area contributed by atoms with Crippen LogP contribution in [0, 0.1) is 0 Å². The number of nitrogens with zero attached hydrogens (tertiary/aromatic N) is 1. The molecule has 9 heteroatoms. The van der Waals surface area contributed by atoms with Crippen LogP contribution < -0.4 is 5.32 Å². The van der Waals surface area contributed by atoms with Crippen LogP contribution in [0.4, 0.5) is 0 Å². The molecule has 0 aliphatic carbocycles. The molecule has 33 heavy (non-hydrogen) atoms. The summed E-state index contributed by atoms with van der Waals surface area (Å²) in [6.45, 7) is 0.255. The smallest absolute Gasteiger partial charge is 0.239 e. The lowest BCUT2D eigenvalue weighted by atomic mass is 10.1. The fraction of sp³-hybridized carbons (Fsp3) is 0.417. The van der Waals surface area contributed by atoms with E-state index in [1.54, 1.807) is 30.3 Å². The predicted molar refractivity (Wildman–Crippen MR) is 131 cm³/mol. The highest BCUT2D eigenvalue weighted by Crippen LogP contribution is 2.27. The van der Waals surface area contributed by atoms with E-state index in [1.165, 1.54) is 0 Å². The van der Waals surface area contributed by atoms with Gasteiger partial charge < -0.3 is 10.2 Å². The molecule has 1 heterocycles. The third-order valence-corrected chi connectivity index (χ3v) is 8.53. The number of nitrogens with one attached hydrogen (secondary N) is 1. The fourth-order valence-electron chi connectivity index (χ4n) is 3.81. The van der Waals surface area contributed by atoms with Crippen LogP contribution in [-0.4, -0.2) is 43.6 Å². The summed E-state index contributed by atoms with van der Waals surface area (Å²) in [5.41, 5.74) is 1.70. The Morgan fingerprint density at radius 2 is 1.73 bits per heavy atom. The second-order valence-corrected chi connectivity index (χ2v) is 11.1. The van der Waals surface area contributed by atoms with Gasteiger partial charge in [-0.25, -0.2) is 8.42 Å². The summed E-state index contributed by atoms with van der Waals surface area (Å²) in [5, 5.41) is 3.02. The van der Waals surface area contributed by atoms with Crippen LogP contribution >= 0.6 is 23.2 Å². The molecule has 1 saturated heterocycles. The number of benzene rings is 2. The molecule has 178 valence electrons. The van der Waals surface area contributed by atoms with Gasteiger partial charge in [-0.15, -0.1) is 0 Å². The SMILES string of the molecule is O=C(CN1C(=O)CC1S(=O)(=O)Cc1ccccc1)NCCCCCCc1cccc(Cl)c1Cl. The zero-order chi connectivity index (χ0) is 23.8. The molecule has 3 rings (SSSR count). The number of amides is 2. The van der Waals surface area contributed by atoms with Gasteiger partial charge in [-0.05, 0) is 36.5 Å². The van der Waals surface area contributed by atoms with Gasteiger partial charge in [0.25, 0.3) is 0 Å². The van der Waals surface area contributed by atoms with E-state index in [-0.39, 0.29) is 30.5 Å². The molecule has 0 radical (unpaired) electrons. The number of carbonyl (C=O) groups is 2. The van der Waals surface area contributed by atoms with Gasteiger partial charge in [-0.2, -0.15) is 0 Å². The maximum Gasteiger partial charge on any atom is 0.239 e. The molecule has 1 aliphatic heterocycles. The summed E-state index contributed by atoms with van der Waals surface area (Å²) in [6.07, 6.45) is 4.48. The minimum absolute atomic E-state index is 0.0703. The maximum atomic E-state index is 12.7. The lowest BCUT2D eigenvalue weighted by Crippen LogP contribution is -2.59. The van der Waals surface area contributed by atoms with Gasteiger partial charge in [-0.1, -0.05) is 78.5 Å². The molecule has 1 atom stereocenters. The second kappa shape index (κ2) is 11.9. The van der Waals surface area contributed by atoms with Crippen LogP contribution in [0.3, 0.4) is 0 Å². The van der Waals surface area contributed by atoms with Crippen molar-refractivity contribution in [1.29, 1.82) is 0 Å². The number of rotatable bonds is 12. The Morgan fingerprint density at radius 1 is 1.00 bits per heavy atom. The molecule has 1 aliphatic rings. The second-order valence-electron chi connectivity index (χ2n) is 8.20. The maximum absolute atomic E-state index is 12.7. The number of sulfone groups is 1. The average Bonchev–Trinajstić information content (AvgIpc) is 2.78. The van der Waals surface area contributed by atoms with Crippen LogP contribution in [0.2, 0.25) is 10.0 Å². The highest BCUT2D eigenvalue weighted by atomic mass is 35.5. The van der Waals surface area contributed by atoms with E-state index in [4.69, 9.17) is 23.2 Å². The van der Waals surface area contributed by atoms with Crippen molar-refractivity contribution in [3.8, 4) is 0 Å². The van der Waals surface area contributed by atoms with Crippen LogP contribution in [0.25, 0.3) is 0 Å². The van der Waals surface area contributed by atoms with Crippen molar-refractivity contribution in [1.82, 2.24) is 10.2 Å². The van der Waals surface area contributed by atoms with E-state index in [1.807, 2.05) is 18.2 Å². The van der Waals surface area contributed by atoms with Crippen molar-refractivity contribution < 1.29 is 18.0 Å². The first-order valence-corrected chi connectivity index (χ1v) is 13.5. The van der Waals surface area contributed by atoms with Crippen molar-refractivity contribution in [3.63, 3.8) is 0 Å². The molecule has 0 bridgehead atoms. The number of halogens is 2. The molecule has 6 nitrogen and oxygen atoms in total. The molecular formula is C24H28Cl2N2O4S. The summed E-state index contributed by atoms with van der Waals surface area (Å²) in [5.74, 6) is -0.801. The van der Waals surface area contributed by atoms with Crippen molar-refractivity contribution >= 4 is 44.9 Å². The number of β-lactam (4-membered cyclic amide) rings is 1. The van der Waals surface area contributed by atoms with E-state index in [2.05, 4.69) is 5.32 Å². The third-order valence-electron chi connectivity index (χ3n) is 5.68. The van der Waals surface area contributed by atoms with E-state index < -0.39 is 15.2 Å². The highest BCUT2D eigenvalue weighted by molar-refractivity contribution is 7.91. The van der Waals surface area contributed by atoms with E-state index in [0.717, 1.165) is 42.6 Å². The van der Waals surface area contributed by atoms with Gasteiger partial charge in [0.2, 0.25) is 11.8 Å². The molecule has 1 fully saturated rings. The Kier molecular flexibility index (Phi) is 9.18. The van der Waals surface area contributed by atoms with Gasteiger partial charge in [0.05, 0.1) is 22.2 Å². The number of hydrogen-bond acceptors (Lipinski definition) is 4. The summed E-state index contributed by atoms with van der Waals surface area (Å²) < 4.78 is 25.4. The number of unbranched alkanes of at least 4 members (excludes halogenated alkanes) is 3. The molecule has 2 aromatic carbocycles. The average molecular weight is 511 g/mol. The molecule has 1 N–H and O–H groups in total. The van der Waals surface area contributed by atoms with E-state index in [9.17, 15) is 18.0 Å². The molecule has 2 amide bonds. The predicted octanol–water partition coefficient (Wildman–Crippen LogP) is 4.39. The molecule has 0 saturated carbocycles. The highest BCUT2D eigenvalue weighted by Gasteiger charge is 2.45. The van der Waals surface area contributed by atoms with E-state index >= 15 is 0 Å². The van der Waals surface area contributed by atoms with Gasteiger partial charge in [0.15, 0.2) is 9.84 Å². The summed E-state index contributed by atoms with van der Waals surface area (Å²) in [7, 11) is -3.56. The Labute approximate surface area is 205 Å². The Hall–Kier alpha value is -2.09. The minimum Gasteiger partial charge on any atom is -0.355 e. The number of carbonyl (C=O) groups excluding carboxylic acids is 2. The lowest BCUT2D eigenvalue weighted by Gasteiger charge is -2.39. The largest absolute Gasteiger partial charge is 0.355 e. The van der Waals surface area contributed by atoms with Crippen molar-refractivity contribution in [2.75, 3.05) is 13.1 Å². The zero-order valence-corrected chi connectivity index (χ0v) is 20.6. The third kappa shape index (κ3) is 7.19. The van der Waals surface area contributed by atoms with Gasteiger partial charge in [0.1, 0.15) is 11.9 Å². The normalized spacial score (nSPS) is 15.9. The fourth-order valence-corrected chi connectivity index (χ4v) is 6.05. The van der Waals surface area contributed by atoms with Crippen molar-refractivity contribution in [2.24, 2.45) is 0 Å². The topological polar surface area (TPSA) is 83.6 Å². The summed E-state index contributed by atoms with van der Waals surface area (Å²) in [4.78, 5) is 25.3. The van der Waals surface area contributed by atoms with Crippen LogP contribution in [0.1, 0.15) is 43.2 Å². The summed E-state index contributed by atoms with van der Waals surface area (Å²) >= 11 is 12.2.